The zero-order valence-electron chi connectivity index (χ0n) is 10.4. The van der Waals surface area contributed by atoms with Gasteiger partial charge < -0.3 is 20.6 Å². The zero-order chi connectivity index (χ0) is 12.8. The van der Waals surface area contributed by atoms with Gasteiger partial charge in [0.15, 0.2) is 0 Å². The van der Waals surface area contributed by atoms with E-state index in [0.29, 0.717) is 12.6 Å². The zero-order valence-corrected chi connectivity index (χ0v) is 10.4. The minimum Gasteiger partial charge on any atom is -0.481 e. The van der Waals surface area contributed by atoms with Gasteiger partial charge in [-0.3, -0.25) is 4.79 Å². The minimum atomic E-state index is -0.909. The second-order valence-corrected chi connectivity index (χ2v) is 4.63. The molecule has 0 saturated carbocycles. The van der Waals surface area contributed by atoms with Crippen LogP contribution in [0.1, 0.15) is 26.2 Å². The molecule has 1 aliphatic heterocycles. The van der Waals surface area contributed by atoms with E-state index in [1.807, 2.05) is 7.05 Å². The van der Waals surface area contributed by atoms with Crippen LogP contribution in [-0.4, -0.2) is 54.2 Å². The summed E-state index contributed by atoms with van der Waals surface area (Å²) in [5, 5.41) is 13.9. The number of nitrogens with one attached hydrogen (secondary N) is 2. The Kier molecular flexibility index (Phi) is 5.21. The molecule has 3 N–H and O–H groups in total. The summed E-state index contributed by atoms with van der Waals surface area (Å²) in [5.74, 6) is -0.909. The minimum absolute atomic E-state index is 0.0588. The molecular weight excluding hydrogens is 222 g/mol. The molecule has 2 atom stereocenters. The number of urea groups is 1. The lowest BCUT2D eigenvalue weighted by atomic mass is 10.2. The van der Waals surface area contributed by atoms with Gasteiger partial charge in [-0.15, -0.1) is 0 Å². The molecule has 17 heavy (non-hydrogen) atoms. The number of likely N-dealkylation sites (tertiary alicyclic amines) is 1. The highest BCUT2D eigenvalue weighted by molar-refractivity contribution is 5.75. The third-order valence-corrected chi connectivity index (χ3v) is 3.03. The molecule has 2 amide bonds. The Hall–Kier alpha value is -1.30. The highest BCUT2D eigenvalue weighted by Crippen LogP contribution is 2.13. The summed E-state index contributed by atoms with van der Waals surface area (Å²) in [7, 11) is 2.05. The molecule has 6 heteroatoms. The summed E-state index contributed by atoms with van der Waals surface area (Å²) in [6.07, 6.45) is 2.21. The molecule has 0 radical (unpaired) electrons. The molecule has 0 aromatic heterocycles. The molecule has 2 unspecified atom stereocenters. The number of aliphatic carboxylic acids is 1. The Morgan fingerprint density at radius 1 is 1.53 bits per heavy atom. The van der Waals surface area contributed by atoms with E-state index < -0.39 is 5.97 Å². The van der Waals surface area contributed by atoms with Crippen molar-refractivity contribution in [3.8, 4) is 0 Å². The Morgan fingerprint density at radius 2 is 2.24 bits per heavy atom. The summed E-state index contributed by atoms with van der Waals surface area (Å²) < 4.78 is 0. The molecule has 1 fully saturated rings. The Labute approximate surface area is 101 Å². The van der Waals surface area contributed by atoms with Crippen molar-refractivity contribution in [2.45, 2.75) is 38.3 Å². The average molecular weight is 243 g/mol. The van der Waals surface area contributed by atoms with E-state index in [0.717, 1.165) is 13.0 Å². The molecule has 0 aromatic carbocycles. The van der Waals surface area contributed by atoms with Gasteiger partial charge in [0.2, 0.25) is 0 Å². The molecule has 0 spiro atoms. The fourth-order valence-electron chi connectivity index (χ4n) is 2.04. The van der Waals surface area contributed by atoms with Crippen molar-refractivity contribution in [2.24, 2.45) is 0 Å². The summed E-state index contributed by atoms with van der Waals surface area (Å²) >= 11 is 0. The summed E-state index contributed by atoms with van der Waals surface area (Å²) in [5.41, 5.74) is 0. The lowest BCUT2D eigenvalue weighted by Crippen LogP contribution is -2.46. The van der Waals surface area contributed by atoms with Crippen LogP contribution in [0.5, 0.6) is 0 Å². The summed E-state index contributed by atoms with van der Waals surface area (Å²) in [6, 6.07) is -0.247. The van der Waals surface area contributed by atoms with Crippen LogP contribution in [0.25, 0.3) is 0 Å². The maximum Gasteiger partial charge on any atom is 0.315 e. The number of carbonyl (C=O) groups is 2. The van der Waals surface area contributed by atoms with Crippen molar-refractivity contribution in [1.29, 1.82) is 0 Å². The van der Waals surface area contributed by atoms with Crippen LogP contribution in [0.3, 0.4) is 0 Å². The van der Waals surface area contributed by atoms with Crippen molar-refractivity contribution in [2.75, 3.05) is 20.1 Å². The van der Waals surface area contributed by atoms with E-state index in [1.54, 1.807) is 6.92 Å². The van der Waals surface area contributed by atoms with Gasteiger partial charge in [-0.25, -0.2) is 4.79 Å². The van der Waals surface area contributed by atoms with E-state index in [2.05, 4.69) is 15.5 Å². The number of likely N-dealkylation sites (N-methyl/N-ethyl adjacent to an activating group) is 1. The maximum atomic E-state index is 11.5. The molecule has 6 nitrogen and oxygen atoms in total. The maximum absolute atomic E-state index is 11.5. The standard InChI is InChI=1S/C11H21N3O3/c1-8(6-10(15)16)13-11(17)12-7-9-4-3-5-14(9)2/h8-9H,3-7H2,1-2H3,(H,15,16)(H2,12,13,17). The number of nitrogens with zero attached hydrogens (tertiary/aromatic N) is 1. The predicted molar refractivity (Wildman–Crippen MR) is 63.9 cm³/mol. The Balaban J connectivity index is 2.18. The first-order valence-electron chi connectivity index (χ1n) is 5.95. The Bertz CT molecular complexity index is 283. The van der Waals surface area contributed by atoms with Crippen LogP contribution in [-0.2, 0) is 4.79 Å². The van der Waals surface area contributed by atoms with Crippen LogP contribution in [0, 0.1) is 0 Å². The molecule has 0 aromatic rings. The lowest BCUT2D eigenvalue weighted by molar-refractivity contribution is -0.137. The second kappa shape index (κ2) is 6.44. The molecule has 1 heterocycles. The smallest absolute Gasteiger partial charge is 0.315 e. The molecular formula is C11H21N3O3. The highest BCUT2D eigenvalue weighted by atomic mass is 16.4. The van der Waals surface area contributed by atoms with Crippen LogP contribution < -0.4 is 10.6 Å². The fourth-order valence-corrected chi connectivity index (χ4v) is 2.04. The van der Waals surface area contributed by atoms with Crippen LogP contribution in [0.2, 0.25) is 0 Å². The normalized spacial score (nSPS) is 22.1. The number of carboxylic acids is 1. The first kappa shape index (κ1) is 13.8. The number of hydrogen-bond donors (Lipinski definition) is 3. The van der Waals surface area contributed by atoms with Gasteiger partial charge in [-0.05, 0) is 33.4 Å². The van der Waals surface area contributed by atoms with Gasteiger partial charge in [-0.1, -0.05) is 0 Å². The summed E-state index contributed by atoms with van der Waals surface area (Å²) in [4.78, 5) is 24.1. The monoisotopic (exact) mass is 243 g/mol. The van der Waals surface area contributed by atoms with Gasteiger partial charge >= 0.3 is 12.0 Å². The number of rotatable bonds is 5. The lowest BCUT2D eigenvalue weighted by Gasteiger charge is -2.20. The predicted octanol–water partition coefficient (Wildman–Crippen LogP) is 0.243. The van der Waals surface area contributed by atoms with Crippen molar-refractivity contribution >= 4 is 12.0 Å². The van der Waals surface area contributed by atoms with Crippen LogP contribution in [0.15, 0.2) is 0 Å². The van der Waals surface area contributed by atoms with Crippen LogP contribution >= 0.6 is 0 Å². The van der Waals surface area contributed by atoms with E-state index in [4.69, 9.17) is 5.11 Å². The number of hydrogen-bond acceptors (Lipinski definition) is 3. The van der Waals surface area contributed by atoms with Crippen LogP contribution in [0.4, 0.5) is 4.79 Å². The summed E-state index contributed by atoms with van der Waals surface area (Å²) in [6.45, 7) is 3.36. The topological polar surface area (TPSA) is 81.7 Å². The molecule has 1 rings (SSSR count). The van der Waals surface area contributed by atoms with Gasteiger partial charge in [0.1, 0.15) is 0 Å². The van der Waals surface area contributed by atoms with Gasteiger partial charge in [-0.2, -0.15) is 0 Å². The molecule has 1 saturated heterocycles. The fraction of sp³-hybridized carbons (Fsp3) is 0.818. The van der Waals surface area contributed by atoms with Gasteiger partial charge in [0.25, 0.3) is 0 Å². The third-order valence-electron chi connectivity index (χ3n) is 3.03. The molecule has 0 aliphatic carbocycles. The van der Waals surface area contributed by atoms with Gasteiger partial charge in [0, 0.05) is 18.6 Å². The number of amides is 2. The SMILES string of the molecule is CC(CC(=O)O)NC(=O)NCC1CCCN1C. The Morgan fingerprint density at radius 3 is 2.76 bits per heavy atom. The number of carbonyl (C=O) groups excluding carboxylic acids is 1. The quantitative estimate of drug-likeness (QED) is 0.646. The molecule has 1 aliphatic rings. The van der Waals surface area contributed by atoms with Crippen molar-refractivity contribution in [3.63, 3.8) is 0 Å². The van der Waals surface area contributed by atoms with E-state index in [1.165, 1.54) is 6.42 Å². The van der Waals surface area contributed by atoms with E-state index >= 15 is 0 Å². The second-order valence-electron chi connectivity index (χ2n) is 4.63. The van der Waals surface area contributed by atoms with Crippen molar-refractivity contribution < 1.29 is 14.7 Å². The first-order valence-corrected chi connectivity index (χ1v) is 5.95. The molecule has 98 valence electrons. The van der Waals surface area contributed by atoms with E-state index in [-0.39, 0.29) is 18.5 Å². The van der Waals surface area contributed by atoms with E-state index in [9.17, 15) is 9.59 Å². The van der Waals surface area contributed by atoms with Crippen molar-refractivity contribution in [3.05, 3.63) is 0 Å². The number of carboxylic acid groups (broad SMARTS) is 1. The third kappa shape index (κ3) is 5.04. The highest BCUT2D eigenvalue weighted by Gasteiger charge is 2.21. The largest absolute Gasteiger partial charge is 0.481 e. The van der Waals surface area contributed by atoms with Crippen molar-refractivity contribution in [1.82, 2.24) is 15.5 Å². The first-order chi connectivity index (χ1) is 7.99. The van der Waals surface area contributed by atoms with Gasteiger partial charge in [0.05, 0.1) is 6.42 Å². The average Bonchev–Trinajstić information content (AvgIpc) is 2.59. The molecule has 0 bridgehead atoms.